The topological polar surface area (TPSA) is 91.2 Å². The predicted octanol–water partition coefficient (Wildman–Crippen LogP) is 4.26. The smallest absolute Gasteiger partial charge is 0.218 e. The van der Waals surface area contributed by atoms with E-state index in [-0.39, 0.29) is 22.5 Å². The zero-order valence-corrected chi connectivity index (χ0v) is 14.1. The molecule has 9 heteroatoms. The van der Waals surface area contributed by atoms with Crippen LogP contribution in [0.2, 0.25) is 0 Å². The minimum atomic E-state index is -0.346. The average molecular weight is 372 g/mol. The van der Waals surface area contributed by atoms with E-state index in [1.807, 2.05) is 0 Å². The Kier molecular flexibility index (Phi) is 4.13. The first-order chi connectivity index (χ1) is 12.6. The van der Waals surface area contributed by atoms with Crippen molar-refractivity contribution in [3.05, 3.63) is 42.2 Å². The number of H-pyrrole nitrogens is 1. The van der Waals surface area contributed by atoms with E-state index in [0.29, 0.717) is 41.3 Å². The normalized spacial score (nSPS) is 13.3. The maximum Gasteiger partial charge on any atom is 0.218 e. The zero-order chi connectivity index (χ0) is 18.1. The Labute approximate surface area is 152 Å². The lowest BCUT2D eigenvalue weighted by atomic mass is 10.2. The fraction of sp³-hybridized carbons (Fsp3) is 0.118. The van der Waals surface area contributed by atoms with Crippen LogP contribution in [0.3, 0.4) is 0 Å². The molecule has 0 atom stereocenters. The molecule has 2 aromatic carbocycles. The standard InChI is InChI=1S/C17H13FN4O3S/c18-9-1-3-10(4-2-9)19-17(26)22-21-15-11-7-13-14(25-6-5-24-13)8-12(11)20-16(15)23/h1-4,7-8,20,23H,5-6H2,(H,19,26). The van der Waals surface area contributed by atoms with Gasteiger partial charge in [0.25, 0.3) is 0 Å². The molecule has 0 spiro atoms. The predicted molar refractivity (Wildman–Crippen MR) is 98.1 cm³/mol. The van der Waals surface area contributed by atoms with Gasteiger partial charge < -0.3 is 24.9 Å². The molecule has 3 N–H and O–H groups in total. The van der Waals surface area contributed by atoms with Crippen molar-refractivity contribution in [1.82, 2.24) is 4.98 Å². The summed E-state index contributed by atoms with van der Waals surface area (Å²) in [5.74, 6) is 0.685. The van der Waals surface area contributed by atoms with Gasteiger partial charge in [-0.05, 0) is 42.5 Å². The zero-order valence-electron chi connectivity index (χ0n) is 13.3. The van der Waals surface area contributed by atoms with Gasteiger partial charge in [-0.1, -0.05) is 0 Å². The minimum absolute atomic E-state index is 0.0721. The largest absolute Gasteiger partial charge is 0.493 e. The number of aromatic amines is 1. The number of hydrogen-bond donors (Lipinski definition) is 3. The highest BCUT2D eigenvalue weighted by atomic mass is 32.1. The van der Waals surface area contributed by atoms with Gasteiger partial charge in [-0.25, -0.2) is 4.39 Å². The van der Waals surface area contributed by atoms with Gasteiger partial charge in [-0.15, -0.1) is 10.2 Å². The molecule has 0 fully saturated rings. The van der Waals surface area contributed by atoms with Gasteiger partial charge in [0.05, 0.1) is 5.52 Å². The van der Waals surface area contributed by atoms with E-state index < -0.39 is 0 Å². The number of fused-ring (bicyclic) bond motifs is 2. The van der Waals surface area contributed by atoms with Gasteiger partial charge in [0, 0.05) is 17.1 Å². The summed E-state index contributed by atoms with van der Waals surface area (Å²) in [4.78, 5) is 2.82. The second-order valence-electron chi connectivity index (χ2n) is 5.50. The fourth-order valence-corrected chi connectivity index (χ4v) is 2.74. The molecular weight excluding hydrogens is 359 g/mol. The van der Waals surface area contributed by atoms with Crippen LogP contribution in [0.5, 0.6) is 17.4 Å². The highest BCUT2D eigenvalue weighted by Crippen LogP contribution is 2.42. The molecule has 0 radical (unpaired) electrons. The summed E-state index contributed by atoms with van der Waals surface area (Å²) in [6.45, 7) is 0.929. The van der Waals surface area contributed by atoms with E-state index >= 15 is 0 Å². The van der Waals surface area contributed by atoms with Crippen molar-refractivity contribution < 1.29 is 19.0 Å². The SMILES string of the molecule is Oc1[nH]c2cc3c(cc2c1N=NC(=S)Nc1ccc(F)cc1)OCCO3. The average Bonchev–Trinajstić information content (AvgIpc) is 2.94. The Morgan fingerprint density at radius 3 is 2.58 bits per heavy atom. The highest BCUT2D eigenvalue weighted by Gasteiger charge is 2.18. The maximum atomic E-state index is 12.9. The molecule has 0 bridgehead atoms. The molecule has 3 aromatic rings. The van der Waals surface area contributed by atoms with Crippen LogP contribution >= 0.6 is 12.2 Å². The molecule has 4 rings (SSSR count). The molecule has 0 amide bonds. The summed E-state index contributed by atoms with van der Waals surface area (Å²) in [5, 5.41) is 21.6. The van der Waals surface area contributed by atoms with Crippen LogP contribution in [0, 0.1) is 5.82 Å². The lowest BCUT2D eigenvalue weighted by Gasteiger charge is -2.18. The van der Waals surface area contributed by atoms with E-state index in [1.165, 1.54) is 24.3 Å². The second-order valence-corrected chi connectivity index (χ2v) is 5.89. The number of rotatable bonds is 2. The van der Waals surface area contributed by atoms with Gasteiger partial charge in [0.15, 0.2) is 17.2 Å². The Balaban J connectivity index is 1.59. The molecule has 0 aliphatic carbocycles. The quantitative estimate of drug-likeness (QED) is 0.462. The van der Waals surface area contributed by atoms with Gasteiger partial charge in [0.2, 0.25) is 11.0 Å². The van der Waals surface area contributed by atoms with Crippen molar-refractivity contribution >= 4 is 39.6 Å². The molecule has 1 aromatic heterocycles. The van der Waals surface area contributed by atoms with Crippen LogP contribution in [0.15, 0.2) is 46.6 Å². The van der Waals surface area contributed by atoms with Crippen molar-refractivity contribution in [3.8, 4) is 17.4 Å². The van der Waals surface area contributed by atoms with Gasteiger partial charge in [0.1, 0.15) is 19.0 Å². The number of benzene rings is 2. The molecule has 7 nitrogen and oxygen atoms in total. The van der Waals surface area contributed by atoms with E-state index in [4.69, 9.17) is 21.7 Å². The van der Waals surface area contributed by atoms with Crippen molar-refractivity contribution in [3.63, 3.8) is 0 Å². The van der Waals surface area contributed by atoms with Gasteiger partial charge >= 0.3 is 0 Å². The molecule has 1 aliphatic rings. The first kappa shape index (κ1) is 16.3. The van der Waals surface area contributed by atoms with E-state index in [9.17, 15) is 9.50 Å². The molecular formula is C17H13FN4O3S. The van der Waals surface area contributed by atoms with Crippen molar-refractivity contribution in [2.24, 2.45) is 10.2 Å². The third-order valence-corrected chi connectivity index (χ3v) is 3.93. The number of nitrogens with one attached hydrogen (secondary N) is 2. The number of aromatic hydroxyl groups is 1. The van der Waals surface area contributed by atoms with Gasteiger partial charge in [-0.3, -0.25) is 0 Å². The summed E-state index contributed by atoms with van der Waals surface area (Å²) in [7, 11) is 0. The summed E-state index contributed by atoms with van der Waals surface area (Å²) < 4.78 is 24.0. The number of aromatic nitrogens is 1. The van der Waals surface area contributed by atoms with Crippen molar-refractivity contribution in [2.45, 2.75) is 0 Å². The monoisotopic (exact) mass is 372 g/mol. The Morgan fingerprint density at radius 2 is 1.85 bits per heavy atom. The number of nitrogens with zero attached hydrogens (tertiary/aromatic N) is 2. The van der Waals surface area contributed by atoms with E-state index in [0.717, 1.165) is 0 Å². The van der Waals surface area contributed by atoms with E-state index in [1.54, 1.807) is 12.1 Å². The number of halogens is 1. The summed E-state index contributed by atoms with van der Waals surface area (Å²) >= 11 is 5.10. The molecule has 0 saturated heterocycles. The lowest BCUT2D eigenvalue weighted by molar-refractivity contribution is 0.172. The summed E-state index contributed by atoms with van der Waals surface area (Å²) in [6, 6.07) is 9.13. The lowest BCUT2D eigenvalue weighted by Crippen LogP contribution is -2.15. The molecule has 26 heavy (non-hydrogen) atoms. The van der Waals surface area contributed by atoms with Crippen LogP contribution in [0.25, 0.3) is 10.9 Å². The first-order valence-corrected chi connectivity index (χ1v) is 8.13. The molecule has 1 aliphatic heterocycles. The molecule has 132 valence electrons. The van der Waals surface area contributed by atoms with Crippen LogP contribution < -0.4 is 14.8 Å². The van der Waals surface area contributed by atoms with Gasteiger partial charge in [-0.2, -0.15) is 0 Å². The molecule has 2 heterocycles. The molecule has 0 unspecified atom stereocenters. The minimum Gasteiger partial charge on any atom is -0.493 e. The highest BCUT2D eigenvalue weighted by molar-refractivity contribution is 7.80. The second kappa shape index (κ2) is 6.60. The number of anilines is 1. The van der Waals surface area contributed by atoms with Crippen molar-refractivity contribution in [1.29, 1.82) is 0 Å². The van der Waals surface area contributed by atoms with Crippen molar-refractivity contribution in [2.75, 3.05) is 18.5 Å². The van der Waals surface area contributed by atoms with Crippen LogP contribution in [-0.2, 0) is 0 Å². The number of azo groups is 1. The van der Waals surface area contributed by atoms with Crippen LogP contribution in [0.1, 0.15) is 0 Å². The Morgan fingerprint density at radius 1 is 1.15 bits per heavy atom. The number of ether oxygens (including phenoxy) is 2. The first-order valence-electron chi connectivity index (χ1n) is 7.73. The third kappa shape index (κ3) is 3.16. The number of thiocarbonyl (C=S) groups is 1. The van der Waals surface area contributed by atoms with E-state index in [2.05, 4.69) is 20.5 Å². The Hall–Kier alpha value is -3.20. The Bertz CT molecular complexity index is 1020. The summed E-state index contributed by atoms with van der Waals surface area (Å²) in [6.07, 6.45) is 0. The summed E-state index contributed by atoms with van der Waals surface area (Å²) in [5.41, 5.74) is 1.46. The van der Waals surface area contributed by atoms with Crippen LogP contribution in [0.4, 0.5) is 15.8 Å². The molecule has 0 saturated carbocycles. The van der Waals surface area contributed by atoms with Crippen LogP contribution in [-0.4, -0.2) is 28.4 Å². The third-order valence-electron chi connectivity index (χ3n) is 3.75. The maximum absolute atomic E-state index is 12.9. The number of hydrogen-bond acceptors (Lipinski definition) is 5. The fourth-order valence-electron chi connectivity index (χ4n) is 2.58.